The minimum atomic E-state index is -3.45. The summed E-state index contributed by atoms with van der Waals surface area (Å²) in [5, 5.41) is 3.42. The maximum Gasteiger partial charge on any atom is 0.260 e. The maximum absolute atomic E-state index is 12.4. The summed E-state index contributed by atoms with van der Waals surface area (Å²) in [6, 6.07) is 3.44. The van der Waals surface area contributed by atoms with E-state index in [9.17, 15) is 8.42 Å². The Balaban J connectivity index is 1.98. The number of hydrogen-bond donors (Lipinski definition) is 1. The van der Waals surface area contributed by atoms with Crippen LogP contribution in [0.15, 0.2) is 23.4 Å². The Morgan fingerprint density at radius 2 is 2.14 bits per heavy atom. The fraction of sp³-hybridized carbons (Fsp3) is 0.667. The molecule has 1 aliphatic carbocycles. The summed E-state index contributed by atoms with van der Waals surface area (Å²) in [6.07, 6.45) is 6.21. The molecule has 0 aromatic carbocycles. The Kier molecular flexibility index (Phi) is 5.72. The molecule has 0 spiro atoms. The lowest BCUT2D eigenvalue weighted by Gasteiger charge is -2.29. The number of nitrogens with zero attached hydrogens (tertiary/aromatic N) is 2. The van der Waals surface area contributed by atoms with Gasteiger partial charge in [-0.3, -0.25) is 0 Å². The molecule has 2 rings (SSSR count). The van der Waals surface area contributed by atoms with Gasteiger partial charge in [-0.2, -0.15) is 4.31 Å². The normalized spacial score (nSPS) is 16.1. The van der Waals surface area contributed by atoms with Crippen molar-refractivity contribution in [3.05, 3.63) is 23.9 Å². The molecule has 0 amide bonds. The Hall–Kier alpha value is -0.980. The number of pyridine rings is 1. The monoisotopic (exact) mass is 311 g/mol. The molecule has 1 aromatic heterocycles. The second kappa shape index (κ2) is 7.33. The van der Waals surface area contributed by atoms with Crippen molar-refractivity contribution in [3.8, 4) is 0 Å². The van der Waals surface area contributed by atoms with Crippen LogP contribution < -0.4 is 5.32 Å². The topological polar surface area (TPSA) is 62.3 Å². The zero-order valence-corrected chi connectivity index (χ0v) is 13.7. The van der Waals surface area contributed by atoms with Crippen molar-refractivity contribution < 1.29 is 8.42 Å². The minimum Gasteiger partial charge on any atom is -0.313 e. The standard InChI is InChI=1S/C15H25N3O2S/c1-3-9-16-10-14-7-8-15(17-11-14)21(19,20)18(2)12-13-5-4-6-13/h7-8,11,13,16H,3-6,9-10,12H2,1-2H3. The first-order valence-electron chi connectivity index (χ1n) is 7.66. The molecule has 21 heavy (non-hydrogen) atoms. The van der Waals surface area contributed by atoms with Crippen LogP contribution in [0.25, 0.3) is 0 Å². The highest BCUT2D eigenvalue weighted by Gasteiger charge is 2.27. The van der Waals surface area contributed by atoms with E-state index in [0.717, 1.165) is 37.9 Å². The zero-order valence-electron chi connectivity index (χ0n) is 12.9. The lowest BCUT2D eigenvalue weighted by atomic mass is 9.86. The molecule has 1 N–H and O–H groups in total. The molecule has 0 unspecified atom stereocenters. The van der Waals surface area contributed by atoms with Crippen LogP contribution in [0.5, 0.6) is 0 Å². The fourth-order valence-corrected chi connectivity index (χ4v) is 3.53. The molecule has 0 atom stereocenters. The van der Waals surface area contributed by atoms with Gasteiger partial charge in [-0.05, 0) is 43.4 Å². The smallest absolute Gasteiger partial charge is 0.260 e. The van der Waals surface area contributed by atoms with Gasteiger partial charge < -0.3 is 5.32 Å². The molecule has 1 heterocycles. The maximum atomic E-state index is 12.4. The van der Waals surface area contributed by atoms with Crippen molar-refractivity contribution in [2.75, 3.05) is 20.1 Å². The van der Waals surface area contributed by atoms with Crippen molar-refractivity contribution in [2.24, 2.45) is 5.92 Å². The van der Waals surface area contributed by atoms with Crippen molar-refractivity contribution in [1.29, 1.82) is 0 Å². The highest BCUT2D eigenvalue weighted by atomic mass is 32.2. The van der Waals surface area contributed by atoms with E-state index in [1.807, 2.05) is 6.07 Å². The van der Waals surface area contributed by atoms with Crippen LogP contribution in [0.2, 0.25) is 0 Å². The number of hydrogen-bond acceptors (Lipinski definition) is 4. The highest BCUT2D eigenvalue weighted by molar-refractivity contribution is 7.89. The first kappa shape index (κ1) is 16.4. The van der Waals surface area contributed by atoms with Gasteiger partial charge in [0.15, 0.2) is 5.03 Å². The molecule has 0 radical (unpaired) electrons. The largest absolute Gasteiger partial charge is 0.313 e. The van der Waals surface area contributed by atoms with E-state index in [1.54, 1.807) is 19.3 Å². The van der Waals surface area contributed by atoms with Gasteiger partial charge in [0.2, 0.25) is 0 Å². The van der Waals surface area contributed by atoms with Crippen LogP contribution in [-0.4, -0.2) is 37.8 Å². The van der Waals surface area contributed by atoms with Gasteiger partial charge in [0.25, 0.3) is 10.0 Å². The summed E-state index contributed by atoms with van der Waals surface area (Å²) in [5.41, 5.74) is 1.00. The first-order valence-corrected chi connectivity index (χ1v) is 9.10. The third-order valence-electron chi connectivity index (χ3n) is 3.97. The summed E-state index contributed by atoms with van der Waals surface area (Å²) in [5.74, 6) is 0.516. The van der Waals surface area contributed by atoms with Gasteiger partial charge in [-0.1, -0.05) is 19.4 Å². The fourth-order valence-electron chi connectivity index (χ4n) is 2.37. The number of aromatic nitrogens is 1. The third kappa shape index (κ3) is 4.25. The van der Waals surface area contributed by atoms with E-state index < -0.39 is 10.0 Å². The van der Waals surface area contributed by atoms with Crippen LogP contribution in [0.1, 0.15) is 38.2 Å². The molecule has 1 fully saturated rings. The van der Waals surface area contributed by atoms with E-state index in [-0.39, 0.29) is 5.03 Å². The molecular weight excluding hydrogens is 286 g/mol. The lowest BCUT2D eigenvalue weighted by Crippen LogP contribution is -2.34. The molecule has 5 nitrogen and oxygen atoms in total. The van der Waals surface area contributed by atoms with E-state index in [1.165, 1.54) is 10.7 Å². The summed E-state index contributed by atoms with van der Waals surface area (Å²) in [4.78, 5) is 4.13. The molecule has 0 saturated heterocycles. The second-order valence-electron chi connectivity index (χ2n) is 5.76. The van der Waals surface area contributed by atoms with E-state index in [4.69, 9.17) is 0 Å². The van der Waals surface area contributed by atoms with Crippen LogP contribution in [-0.2, 0) is 16.6 Å². The van der Waals surface area contributed by atoms with Crippen molar-refractivity contribution in [2.45, 2.75) is 44.2 Å². The van der Waals surface area contributed by atoms with Crippen LogP contribution in [0.4, 0.5) is 0 Å². The van der Waals surface area contributed by atoms with Gasteiger partial charge in [-0.15, -0.1) is 0 Å². The first-order chi connectivity index (χ1) is 10.0. The Morgan fingerprint density at radius 3 is 2.67 bits per heavy atom. The molecule has 0 aliphatic heterocycles. The SMILES string of the molecule is CCCNCc1ccc(S(=O)(=O)N(C)CC2CCC2)nc1. The van der Waals surface area contributed by atoms with Crippen molar-refractivity contribution in [1.82, 2.24) is 14.6 Å². The van der Waals surface area contributed by atoms with E-state index >= 15 is 0 Å². The predicted molar refractivity (Wildman–Crippen MR) is 83.4 cm³/mol. The number of nitrogens with one attached hydrogen (secondary N) is 1. The Labute approximate surface area is 127 Å². The molecule has 1 aromatic rings. The summed E-state index contributed by atoms with van der Waals surface area (Å²) in [7, 11) is -1.81. The molecular formula is C15H25N3O2S. The predicted octanol–water partition coefficient (Wildman–Crippen LogP) is 2.00. The van der Waals surface area contributed by atoms with Gasteiger partial charge in [-0.25, -0.2) is 13.4 Å². The molecule has 0 bridgehead atoms. The number of rotatable bonds is 8. The Morgan fingerprint density at radius 1 is 1.38 bits per heavy atom. The van der Waals surface area contributed by atoms with Crippen molar-refractivity contribution >= 4 is 10.0 Å². The molecule has 6 heteroatoms. The van der Waals surface area contributed by atoms with Gasteiger partial charge >= 0.3 is 0 Å². The van der Waals surface area contributed by atoms with Crippen LogP contribution in [0, 0.1) is 5.92 Å². The van der Waals surface area contributed by atoms with Gasteiger partial charge in [0.05, 0.1) is 0 Å². The third-order valence-corrected chi connectivity index (χ3v) is 5.71. The summed E-state index contributed by atoms with van der Waals surface area (Å²) in [6.45, 7) is 4.38. The number of sulfonamides is 1. The second-order valence-corrected chi connectivity index (χ2v) is 7.76. The molecule has 1 saturated carbocycles. The summed E-state index contributed by atoms with van der Waals surface area (Å²) >= 11 is 0. The zero-order chi connectivity index (χ0) is 15.3. The van der Waals surface area contributed by atoms with Crippen molar-refractivity contribution in [3.63, 3.8) is 0 Å². The highest BCUT2D eigenvalue weighted by Crippen LogP contribution is 2.28. The Bertz CT molecular complexity index is 539. The molecule has 118 valence electrons. The average Bonchev–Trinajstić information content (AvgIpc) is 2.43. The quantitative estimate of drug-likeness (QED) is 0.746. The molecule has 1 aliphatic rings. The summed E-state index contributed by atoms with van der Waals surface area (Å²) < 4.78 is 26.3. The van der Waals surface area contributed by atoms with E-state index in [2.05, 4.69) is 17.2 Å². The lowest BCUT2D eigenvalue weighted by molar-refractivity contribution is 0.262. The van der Waals surface area contributed by atoms with Gasteiger partial charge in [0, 0.05) is 26.3 Å². The van der Waals surface area contributed by atoms with Crippen LogP contribution >= 0.6 is 0 Å². The van der Waals surface area contributed by atoms with Crippen LogP contribution in [0.3, 0.4) is 0 Å². The van der Waals surface area contributed by atoms with E-state index in [0.29, 0.717) is 12.5 Å². The average molecular weight is 311 g/mol. The minimum absolute atomic E-state index is 0.142. The van der Waals surface area contributed by atoms with Gasteiger partial charge in [0.1, 0.15) is 0 Å².